The summed E-state index contributed by atoms with van der Waals surface area (Å²) in [6, 6.07) is 14.5. The second-order valence-corrected chi connectivity index (χ2v) is 6.05. The van der Waals surface area contributed by atoms with E-state index in [2.05, 4.69) is 5.32 Å². The van der Waals surface area contributed by atoms with Gasteiger partial charge in [0.05, 0.1) is 18.4 Å². The second kappa shape index (κ2) is 8.40. The first-order valence-electron chi connectivity index (χ1n) is 7.37. The first kappa shape index (κ1) is 17.9. The average Bonchev–Trinajstić information content (AvgIpc) is 2.62. The fourth-order valence-corrected chi connectivity index (χ4v) is 2.58. The maximum Gasteiger partial charge on any atom is 0.339 e. The topological polar surface area (TPSA) is 58.6 Å². The van der Waals surface area contributed by atoms with E-state index >= 15 is 0 Å². The highest BCUT2D eigenvalue weighted by atomic mass is 32.2. The number of methoxy groups -OCH3 is 1. The molecule has 126 valence electrons. The lowest BCUT2D eigenvalue weighted by atomic mass is 10.2. The van der Waals surface area contributed by atoms with Crippen LogP contribution in [-0.2, 0) is 11.3 Å². The van der Waals surface area contributed by atoms with Gasteiger partial charge >= 0.3 is 12.0 Å². The number of nitrogens with zero attached hydrogens (tertiary/aromatic N) is 1. The van der Waals surface area contributed by atoms with Crippen LogP contribution in [-0.4, -0.2) is 37.3 Å². The number of urea groups is 1. The van der Waals surface area contributed by atoms with Crippen LogP contribution < -0.4 is 5.32 Å². The van der Waals surface area contributed by atoms with Crippen molar-refractivity contribution in [3.8, 4) is 0 Å². The summed E-state index contributed by atoms with van der Waals surface area (Å²) in [4.78, 5) is 26.8. The highest BCUT2D eigenvalue weighted by molar-refractivity contribution is 7.98. The van der Waals surface area contributed by atoms with Gasteiger partial charge in [-0.3, -0.25) is 0 Å². The van der Waals surface area contributed by atoms with Gasteiger partial charge in [0.15, 0.2) is 0 Å². The van der Waals surface area contributed by atoms with Crippen molar-refractivity contribution in [2.24, 2.45) is 0 Å². The Kier molecular flexibility index (Phi) is 6.26. The van der Waals surface area contributed by atoms with Crippen molar-refractivity contribution in [3.05, 3.63) is 59.7 Å². The van der Waals surface area contributed by atoms with E-state index in [1.54, 1.807) is 48.0 Å². The number of thioether (sulfide) groups is 1. The van der Waals surface area contributed by atoms with E-state index in [-0.39, 0.29) is 6.03 Å². The zero-order valence-electron chi connectivity index (χ0n) is 13.9. The van der Waals surface area contributed by atoms with Crippen LogP contribution in [0.4, 0.5) is 10.5 Å². The maximum atomic E-state index is 12.4. The molecule has 1 N–H and O–H groups in total. The van der Waals surface area contributed by atoms with Crippen LogP contribution in [0.2, 0.25) is 0 Å². The molecule has 5 nitrogen and oxygen atoms in total. The molecule has 2 aromatic rings. The smallest absolute Gasteiger partial charge is 0.339 e. The normalized spacial score (nSPS) is 10.1. The fraction of sp³-hybridized carbons (Fsp3) is 0.222. The molecule has 0 aliphatic rings. The summed E-state index contributed by atoms with van der Waals surface area (Å²) in [6.07, 6.45) is 2.02. The zero-order chi connectivity index (χ0) is 17.5. The number of carbonyl (C=O) groups is 2. The van der Waals surface area contributed by atoms with Gasteiger partial charge in [0.2, 0.25) is 0 Å². The molecule has 0 aliphatic heterocycles. The van der Waals surface area contributed by atoms with Crippen LogP contribution in [0.25, 0.3) is 0 Å². The van der Waals surface area contributed by atoms with E-state index in [1.165, 1.54) is 12.0 Å². The maximum absolute atomic E-state index is 12.4. The van der Waals surface area contributed by atoms with Gasteiger partial charge in [0.25, 0.3) is 0 Å². The Morgan fingerprint density at radius 2 is 1.79 bits per heavy atom. The molecule has 0 fully saturated rings. The summed E-state index contributed by atoms with van der Waals surface area (Å²) in [6.45, 7) is 0.473. The molecule has 6 heteroatoms. The fourth-order valence-electron chi connectivity index (χ4n) is 2.17. The van der Waals surface area contributed by atoms with Crippen molar-refractivity contribution in [2.75, 3.05) is 25.7 Å². The van der Waals surface area contributed by atoms with E-state index in [0.29, 0.717) is 17.8 Å². The molecule has 0 aliphatic carbocycles. The summed E-state index contributed by atoms with van der Waals surface area (Å²) in [7, 11) is 3.02. The standard InChI is InChI=1S/C18H20N2O3S/c1-20(12-13-8-10-14(24-3)11-9-13)18(22)19-16-7-5-4-6-15(16)17(21)23-2/h4-11H,12H2,1-3H3,(H,19,22). The Labute approximate surface area is 146 Å². The SMILES string of the molecule is COC(=O)c1ccccc1NC(=O)N(C)Cc1ccc(SC)cc1. The lowest BCUT2D eigenvalue weighted by Gasteiger charge is -2.19. The van der Waals surface area contributed by atoms with Gasteiger partial charge in [-0.15, -0.1) is 11.8 Å². The largest absolute Gasteiger partial charge is 0.465 e. The minimum absolute atomic E-state index is 0.291. The van der Waals surface area contributed by atoms with Crippen LogP contribution in [0.5, 0.6) is 0 Å². The van der Waals surface area contributed by atoms with Crippen LogP contribution in [0, 0.1) is 0 Å². The molecule has 2 aromatic carbocycles. The summed E-state index contributed by atoms with van der Waals surface area (Å²) >= 11 is 1.67. The number of amides is 2. The van der Waals surface area contributed by atoms with E-state index in [9.17, 15) is 9.59 Å². The Balaban J connectivity index is 2.05. The van der Waals surface area contributed by atoms with Gasteiger partial charge in [-0.1, -0.05) is 24.3 Å². The van der Waals surface area contributed by atoms with Gasteiger partial charge in [-0.25, -0.2) is 9.59 Å². The zero-order valence-corrected chi connectivity index (χ0v) is 14.7. The molecule has 0 aromatic heterocycles. The van der Waals surface area contributed by atoms with E-state index in [1.807, 2.05) is 30.5 Å². The summed E-state index contributed by atoms with van der Waals surface area (Å²) in [5, 5.41) is 2.75. The van der Waals surface area contributed by atoms with Crippen molar-refractivity contribution < 1.29 is 14.3 Å². The quantitative estimate of drug-likeness (QED) is 0.661. The number of carbonyl (C=O) groups excluding carboxylic acids is 2. The highest BCUT2D eigenvalue weighted by Crippen LogP contribution is 2.18. The lowest BCUT2D eigenvalue weighted by Crippen LogP contribution is -2.31. The van der Waals surface area contributed by atoms with E-state index in [4.69, 9.17) is 4.74 Å². The highest BCUT2D eigenvalue weighted by Gasteiger charge is 2.15. The second-order valence-electron chi connectivity index (χ2n) is 5.17. The predicted octanol–water partition coefficient (Wildman–Crippen LogP) is 3.86. The molecular weight excluding hydrogens is 324 g/mol. The van der Waals surface area contributed by atoms with Crippen LogP contribution in [0.1, 0.15) is 15.9 Å². The molecule has 0 spiro atoms. The molecule has 2 rings (SSSR count). The number of para-hydroxylation sites is 1. The van der Waals surface area contributed by atoms with Gasteiger partial charge in [0.1, 0.15) is 0 Å². The monoisotopic (exact) mass is 344 g/mol. The minimum atomic E-state index is -0.485. The summed E-state index contributed by atoms with van der Waals surface area (Å²) in [5.74, 6) is -0.485. The number of anilines is 1. The van der Waals surface area contributed by atoms with Crippen LogP contribution in [0.15, 0.2) is 53.4 Å². The molecule has 0 unspecified atom stereocenters. The predicted molar refractivity (Wildman–Crippen MR) is 96.5 cm³/mol. The first-order chi connectivity index (χ1) is 11.5. The van der Waals surface area contributed by atoms with Gasteiger partial charge in [-0.2, -0.15) is 0 Å². The Hall–Kier alpha value is -2.47. The van der Waals surface area contributed by atoms with Gasteiger partial charge in [-0.05, 0) is 36.1 Å². The van der Waals surface area contributed by atoms with Crippen LogP contribution in [0.3, 0.4) is 0 Å². The van der Waals surface area contributed by atoms with Crippen molar-refractivity contribution >= 4 is 29.4 Å². The number of benzene rings is 2. The van der Waals surface area contributed by atoms with Crippen molar-refractivity contribution in [3.63, 3.8) is 0 Å². The van der Waals surface area contributed by atoms with Crippen molar-refractivity contribution in [1.29, 1.82) is 0 Å². The number of ether oxygens (including phenoxy) is 1. The number of rotatable bonds is 5. The van der Waals surface area contributed by atoms with E-state index in [0.717, 1.165) is 5.56 Å². The summed E-state index contributed by atoms with van der Waals surface area (Å²) in [5.41, 5.74) is 1.79. The Morgan fingerprint density at radius 1 is 1.12 bits per heavy atom. The molecule has 0 saturated carbocycles. The third-order valence-electron chi connectivity index (χ3n) is 3.50. The number of nitrogens with one attached hydrogen (secondary N) is 1. The molecular formula is C18H20N2O3S. The average molecular weight is 344 g/mol. The minimum Gasteiger partial charge on any atom is -0.465 e. The van der Waals surface area contributed by atoms with E-state index < -0.39 is 5.97 Å². The van der Waals surface area contributed by atoms with Crippen molar-refractivity contribution in [1.82, 2.24) is 4.90 Å². The first-order valence-corrected chi connectivity index (χ1v) is 8.60. The molecule has 0 bridgehead atoms. The lowest BCUT2D eigenvalue weighted by molar-refractivity contribution is 0.0602. The third kappa shape index (κ3) is 4.52. The molecule has 24 heavy (non-hydrogen) atoms. The summed E-state index contributed by atoms with van der Waals surface area (Å²) < 4.78 is 4.73. The van der Waals surface area contributed by atoms with Crippen LogP contribution >= 0.6 is 11.8 Å². The molecule has 2 amide bonds. The molecule has 0 saturated heterocycles. The number of esters is 1. The van der Waals surface area contributed by atoms with Gasteiger partial charge < -0.3 is 15.0 Å². The Morgan fingerprint density at radius 3 is 2.42 bits per heavy atom. The van der Waals surface area contributed by atoms with Crippen molar-refractivity contribution in [2.45, 2.75) is 11.4 Å². The molecule has 0 heterocycles. The third-order valence-corrected chi connectivity index (χ3v) is 4.24. The number of hydrogen-bond acceptors (Lipinski definition) is 4. The van der Waals surface area contributed by atoms with Gasteiger partial charge in [0, 0.05) is 18.5 Å². The molecule has 0 atom stereocenters. The molecule has 0 radical (unpaired) electrons. The Bertz CT molecular complexity index is 716. The number of hydrogen-bond donors (Lipinski definition) is 1.